The number of carbonyl (C=O) groups is 1. The maximum atomic E-state index is 12.1. The Morgan fingerprint density at radius 1 is 1.31 bits per heavy atom. The van der Waals surface area contributed by atoms with E-state index in [1.54, 1.807) is 0 Å². The van der Waals surface area contributed by atoms with Gasteiger partial charge in [0.25, 0.3) is 0 Å². The average molecular weight is 225 g/mol. The van der Waals surface area contributed by atoms with Gasteiger partial charge in [-0.1, -0.05) is 39.5 Å². The van der Waals surface area contributed by atoms with Crippen LogP contribution in [-0.4, -0.2) is 18.4 Å². The molecular formula is C14H27NO. The van der Waals surface area contributed by atoms with Crippen LogP contribution in [0.5, 0.6) is 0 Å². The van der Waals surface area contributed by atoms with Gasteiger partial charge in [-0.25, -0.2) is 0 Å². The van der Waals surface area contributed by atoms with Crippen molar-refractivity contribution in [1.82, 2.24) is 5.32 Å². The van der Waals surface area contributed by atoms with Gasteiger partial charge in [0.2, 0.25) is 0 Å². The van der Waals surface area contributed by atoms with Gasteiger partial charge in [0, 0.05) is 17.9 Å². The molecule has 1 unspecified atom stereocenters. The van der Waals surface area contributed by atoms with E-state index in [1.165, 1.54) is 32.1 Å². The largest absolute Gasteiger partial charge is 0.314 e. The van der Waals surface area contributed by atoms with E-state index in [4.69, 9.17) is 0 Å². The Kier molecular flexibility index (Phi) is 5.47. The van der Waals surface area contributed by atoms with Gasteiger partial charge in [0.1, 0.15) is 5.78 Å². The van der Waals surface area contributed by atoms with E-state index in [0.29, 0.717) is 5.78 Å². The van der Waals surface area contributed by atoms with Crippen LogP contribution in [0.25, 0.3) is 0 Å². The van der Waals surface area contributed by atoms with E-state index in [0.717, 1.165) is 19.3 Å². The van der Waals surface area contributed by atoms with Gasteiger partial charge in [0.05, 0.1) is 0 Å². The number of hydrogen-bond donors (Lipinski definition) is 1. The number of ketones is 1. The molecule has 0 aromatic rings. The zero-order valence-corrected chi connectivity index (χ0v) is 11.1. The number of rotatable bonds is 6. The first-order valence-corrected chi connectivity index (χ1v) is 6.85. The summed E-state index contributed by atoms with van der Waals surface area (Å²) in [7, 11) is 2.02. The van der Waals surface area contributed by atoms with Crippen molar-refractivity contribution in [3.63, 3.8) is 0 Å². The van der Waals surface area contributed by atoms with E-state index in [9.17, 15) is 4.79 Å². The fourth-order valence-corrected chi connectivity index (χ4v) is 2.85. The van der Waals surface area contributed by atoms with Gasteiger partial charge >= 0.3 is 0 Å². The van der Waals surface area contributed by atoms with Crippen molar-refractivity contribution >= 4 is 5.78 Å². The summed E-state index contributed by atoms with van der Waals surface area (Å²) in [5, 5.41) is 3.42. The molecule has 0 amide bonds. The Labute approximate surface area is 100 Å². The summed E-state index contributed by atoms with van der Waals surface area (Å²) in [6, 6.07) is 0. The van der Waals surface area contributed by atoms with Crippen molar-refractivity contribution in [2.75, 3.05) is 7.05 Å². The maximum absolute atomic E-state index is 12.1. The monoisotopic (exact) mass is 225 g/mol. The highest BCUT2D eigenvalue weighted by Crippen LogP contribution is 2.32. The summed E-state index contributed by atoms with van der Waals surface area (Å²) in [6.07, 6.45) is 9.12. The van der Waals surface area contributed by atoms with Crippen LogP contribution in [0.2, 0.25) is 0 Å². The van der Waals surface area contributed by atoms with Gasteiger partial charge < -0.3 is 5.32 Å². The zero-order valence-electron chi connectivity index (χ0n) is 11.1. The maximum Gasteiger partial charge on any atom is 0.137 e. The van der Waals surface area contributed by atoms with E-state index in [1.807, 2.05) is 7.05 Å². The van der Waals surface area contributed by atoms with Crippen molar-refractivity contribution in [2.24, 2.45) is 5.92 Å². The molecule has 0 bridgehead atoms. The Hall–Kier alpha value is -0.370. The molecule has 0 spiro atoms. The van der Waals surface area contributed by atoms with Gasteiger partial charge in [0.15, 0.2) is 0 Å². The van der Waals surface area contributed by atoms with Crippen LogP contribution in [0.1, 0.15) is 65.2 Å². The summed E-state index contributed by atoms with van der Waals surface area (Å²) >= 11 is 0. The van der Waals surface area contributed by atoms with Crippen molar-refractivity contribution in [1.29, 1.82) is 0 Å². The smallest absolute Gasteiger partial charge is 0.137 e. The summed E-state index contributed by atoms with van der Waals surface area (Å²) in [5.41, 5.74) is 0.122. The summed E-state index contributed by atoms with van der Waals surface area (Å²) in [6.45, 7) is 4.23. The molecule has 1 N–H and O–H groups in total. The van der Waals surface area contributed by atoms with E-state index < -0.39 is 0 Å². The molecule has 1 fully saturated rings. The van der Waals surface area contributed by atoms with Crippen LogP contribution in [-0.2, 0) is 4.79 Å². The Morgan fingerprint density at radius 3 is 2.44 bits per heavy atom. The van der Waals surface area contributed by atoms with Crippen LogP contribution in [0.4, 0.5) is 0 Å². The number of Topliss-reactive ketones (excluding diaryl/α,β-unsaturated/α-hetero) is 1. The lowest BCUT2D eigenvalue weighted by Gasteiger charge is -2.37. The molecular weight excluding hydrogens is 198 g/mol. The molecule has 16 heavy (non-hydrogen) atoms. The molecule has 0 saturated heterocycles. The quantitative estimate of drug-likeness (QED) is 0.751. The van der Waals surface area contributed by atoms with Crippen LogP contribution in [0.3, 0.4) is 0 Å². The molecule has 1 rings (SSSR count). The minimum atomic E-state index is 0.122. The standard InChI is InChI=1S/C14H27NO/c1-4-8-12(2)13(16)11-14(15-3)9-6-5-7-10-14/h12,15H,4-11H2,1-3H3. The third kappa shape index (κ3) is 3.58. The second-order valence-corrected chi connectivity index (χ2v) is 5.42. The third-order valence-corrected chi connectivity index (χ3v) is 4.12. The molecule has 0 radical (unpaired) electrons. The minimum Gasteiger partial charge on any atom is -0.314 e. The Balaban J connectivity index is 2.51. The molecule has 1 saturated carbocycles. The fourth-order valence-electron chi connectivity index (χ4n) is 2.85. The van der Waals surface area contributed by atoms with Gasteiger partial charge in [-0.15, -0.1) is 0 Å². The van der Waals surface area contributed by atoms with E-state index >= 15 is 0 Å². The molecule has 1 atom stereocenters. The summed E-state index contributed by atoms with van der Waals surface area (Å²) in [4.78, 5) is 12.1. The number of carbonyl (C=O) groups excluding carboxylic acids is 1. The van der Waals surface area contributed by atoms with Crippen molar-refractivity contribution < 1.29 is 4.79 Å². The third-order valence-electron chi connectivity index (χ3n) is 4.12. The molecule has 2 nitrogen and oxygen atoms in total. The molecule has 2 heteroatoms. The molecule has 94 valence electrons. The normalized spacial score (nSPS) is 21.7. The Morgan fingerprint density at radius 2 is 1.94 bits per heavy atom. The molecule has 1 aliphatic rings. The van der Waals surface area contributed by atoms with Gasteiger partial charge in [-0.05, 0) is 26.3 Å². The highest BCUT2D eigenvalue weighted by Gasteiger charge is 2.33. The first-order chi connectivity index (χ1) is 7.63. The van der Waals surface area contributed by atoms with Crippen LogP contribution >= 0.6 is 0 Å². The van der Waals surface area contributed by atoms with Crippen molar-refractivity contribution in [3.8, 4) is 0 Å². The molecule has 0 aliphatic heterocycles. The molecule has 1 aliphatic carbocycles. The first kappa shape index (κ1) is 13.7. The lowest BCUT2D eigenvalue weighted by atomic mass is 9.76. The Bertz CT molecular complexity index is 219. The van der Waals surface area contributed by atoms with Crippen molar-refractivity contribution in [3.05, 3.63) is 0 Å². The molecule has 0 heterocycles. The SMILES string of the molecule is CCCC(C)C(=O)CC1(NC)CCCCC1. The topological polar surface area (TPSA) is 29.1 Å². The average Bonchev–Trinajstić information content (AvgIpc) is 2.30. The minimum absolute atomic E-state index is 0.122. The fraction of sp³-hybridized carbons (Fsp3) is 0.929. The van der Waals surface area contributed by atoms with Crippen molar-refractivity contribution in [2.45, 2.75) is 70.8 Å². The molecule has 0 aromatic carbocycles. The van der Waals surface area contributed by atoms with E-state index in [2.05, 4.69) is 19.2 Å². The lowest BCUT2D eigenvalue weighted by Crippen LogP contribution is -2.47. The number of hydrogen-bond acceptors (Lipinski definition) is 2. The van der Waals surface area contributed by atoms with Gasteiger partial charge in [-0.3, -0.25) is 4.79 Å². The van der Waals surface area contributed by atoms with E-state index in [-0.39, 0.29) is 11.5 Å². The van der Waals surface area contributed by atoms with Crippen LogP contribution in [0, 0.1) is 5.92 Å². The summed E-state index contributed by atoms with van der Waals surface area (Å²) in [5.74, 6) is 0.704. The van der Waals surface area contributed by atoms with Crippen LogP contribution < -0.4 is 5.32 Å². The van der Waals surface area contributed by atoms with Gasteiger partial charge in [-0.2, -0.15) is 0 Å². The van der Waals surface area contributed by atoms with Crippen LogP contribution in [0.15, 0.2) is 0 Å². The second-order valence-electron chi connectivity index (χ2n) is 5.42. The first-order valence-electron chi connectivity index (χ1n) is 6.85. The predicted molar refractivity (Wildman–Crippen MR) is 68.6 cm³/mol. The highest BCUT2D eigenvalue weighted by molar-refractivity contribution is 5.81. The molecule has 0 aromatic heterocycles. The predicted octanol–water partition coefficient (Wildman–Crippen LogP) is 3.30. The zero-order chi connectivity index (χ0) is 12.0. The lowest BCUT2D eigenvalue weighted by molar-refractivity contribution is -0.124. The second kappa shape index (κ2) is 6.39. The highest BCUT2D eigenvalue weighted by atomic mass is 16.1. The summed E-state index contributed by atoms with van der Waals surface area (Å²) < 4.78 is 0. The number of nitrogens with one attached hydrogen (secondary N) is 1.